The van der Waals surface area contributed by atoms with E-state index in [2.05, 4.69) is 15.5 Å². The van der Waals surface area contributed by atoms with Gasteiger partial charge in [0, 0.05) is 5.75 Å². The normalized spacial score (nSPS) is 10.7. The molecule has 1 N–H and O–H groups in total. The predicted octanol–water partition coefficient (Wildman–Crippen LogP) is 5.46. The zero-order chi connectivity index (χ0) is 18.5. The van der Waals surface area contributed by atoms with Crippen LogP contribution < -0.4 is 5.32 Å². The van der Waals surface area contributed by atoms with Crippen molar-refractivity contribution in [2.45, 2.75) is 16.5 Å². The number of rotatable bonds is 6. The fourth-order valence-corrected chi connectivity index (χ4v) is 4.09. The summed E-state index contributed by atoms with van der Waals surface area (Å²) >= 11 is 14.6. The van der Waals surface area contributed by atoms with Gasteiger partial charge in [-0.15, -0.1) is 10.2 Å². The maximum Gasteiger partial charge on any atom is 0.230 e. The molecule has 3 aromatic rings. The number of hydrogen-bond donors (Lipinski definition) is 1. The number of halogens is 3. The number of nitrogens with zero attached hydrogens (tertiary/aromatic N) is 2. The van der Waals surface area contributed by atoms with Crippen molar-refractivity contribution in [2.75, 3.05) is 5.32 Å². The maximum atomic E-state index is 12.9. The molecule has 0 spiro atoms. The molecule has 0 saturated heterocycles. The van der Waals surface area contributed by atoms with Crippen molar-refractivity contribution in [1.82, 2.24) is 10.2 Å². The van der Waals surface area contributed by atoms with E-state index < -0.39 is 0 Å². The average molecular weight is 428 g/mol. The molecule has 1 amide bonds. The number of thioether (sulfide) groups is 1. The van der Waals surface area contributed by atoms with Crippen LogP contribution in [0.15, 0.2) is 46.8 Å². The van der Waals surface area contributed by atoms with Gasteiger partial charge in [-0.2, -0.15) is 0 Å². The highest BCUT2D eigenvalue weighted by molar-refractivity contribution is 8.00. The van der Waals surface area contributed by atoms with E-state index in [1.807, 2.05) is 0 Å². The van der Waals surface area contributed by atoms with E-state index in [0.717, 1.165) is 15.5 Å². The molecule has 3 rings (SSSR count). The lowest BCUT2D eigenvalue weighted by molar-refractivity contribution is -0.115. The van der Waals surface area contributed by atoms with Crippen LogP contribution in [0.5, 0.6) is 0 Å². The molecule has 0 aliphatic carbocycles. The molecule has 1 heterocycles. The van der Waals surface area contributed by atoms with E-state index in [4.69, 9.17) is 23.2 Å². The van der Waals surface area contributed by atoms with Gasteiger partial charge in [-0.1, -0.05) is 64.5 Å². The molecular weight excluding hydrogens is 416 g/mol. The average Bonchev–Trinajstić information content (AvgIpc) is 3.05. The van der Waals surface area contributed by atoms with E-state index in [9.17, 15) is 9.18 Å². The highest BCUT2D eigenvalue weighted by atomic mass is 35.5. The van der Waals surface area contributed by atoms with Crippen LogP contribution in [0.2, 0.25) is 10.0 Å². The summed E-state index contributed by atoms with van der Waals surface area (Å²) in [5.74, 6) is 0.169. The molecule has 0 fully saturated rings. The van der Waals surface area contributed by atoms with Gasteiger partial charge in [-0.05, 0) is 35.4 Å². The van der Waals surface area contributed by atoms with Gasteiger partial charge >= 0.3 is 0 Å². The van der Waals surface area contributed by atoms with Crippen molar-refractivity contribution < 1.29 is 9.18 Å². The summed E-state index contributed by atoms with van der Waals surface area (Å²) in [6.45, 7) is 0. The molecule has 2 aromatic carbocycles. The van der Waals surface area contributed by atoms with Crippen molar-refractivity contribution in [3.63, 3.8) is 0 Å². The van der Waals surface area contributed by atoms with Gasteiger partial charge in [-0.3, -0.25) is 4.79 Å². The van der Waals surface area contributed by atoms with Crippen molar-refractivity contribution >= 4 is 57.3 Å². The SMILES string of the molecule is O=C(Cc1ccc(Cl)c(Cl)c1)Nc1nnc(SCc2ccc(F)cc2)s1. The van der Waals surface area contributed by atoms with Crippen LogP contribution in [-0.2, 0) is 17.0 Å². The van der Waals surface area contributed by atoms with Crippen molar-refractivity contribution in [3.05, 3.63) is 69.5 Å². The smallest absolute Gasteiger partial charge is 0.230 e. The molecule has 0 aliphatic rings. The first-order chi connectivity index (χ1) is 12.5. The van der Waals surface area contributed by atoms with E-state index in [1.54, 1.807) is 30.3 Å². The first-order valence-corrected chi connectivity index (χ1v) is 10.00. The third-order valence-electron chi connectivity index (χ3n) is 3.28. The summed E-state index contributed by atoms with van der Waals surface area (Å²) in [5.41, 5.74) is 1.74. The second-order valence-corrected chi connectivity index (χ2v) is 8.28. The molecule has 0 radical (unpaired) electrons. The lowest BCUT2D eigenvalue weighted by Gasteiger charge is -2.03. The molecule has 26 heavy (non-hydrogen) atoms. The first-order valence-electron chi connectivity index (χ1n) is 7.44. The van der Waals surface area contributed by atoms with Crippen LogP contribution in [0.4, 0.5) is 9.52 Å². The van der Waals surface area contributed by atoms with Gasteiger partial charge < -0.3 is 5.32 Å². The Morgan fingerprint density at radius 2 is 1.81 bits per heavy atom. The Labute approximate surface area is 167 Å². The van der Waals surface area contributed by atoms with Crippen molar-refractivity contribution in [1.29, 1.82) is 0 Å². The van der Waals surface area contributed by atoms with Crippen molar-refractivity contribution in [3.8, 4) is 0 Å². The summed E-state index contributed by atoms with van der Waals surface area (Å²) in [4.78, 5) is 12.1. The summed E-state index contributed by atoms with van der Waals surface area (Å²) in [6, 6.07) is 11.4. The molecule has 4 nitrogen and oxygen atoms in total. The highest BCUT2D eigenvalue weighted by Crippen LogP contribution is 2.28. The van der Waals surface area contributed by atoms with Gasteiger partial charge in [0.05, 0.1) is 16.5 Å². The fraction of sp³-hybridized carbons (Fsp3) is 0.118. The van der Waals surface area contributed by atoms with Crippen LogP contribution in [0.3, 0.4) is 0 Å². The van der Waals surface area contributed by atoms with E-state index in [0.29, 0.717) is 20.9 Å². The lowest BCUT2D eigenvalue weighted by Crippen LogP contribution is -2.14. The molecule has 0 unspecified atom stereocenters. The first kappa shape index (κ1) is 19.1. The summed E-state index contributed by atoms with van der Waals surface area (Å²) in [7, 11) is 0. The number of carbonyl (C=O) groups excluding carboxylic acids is 1. The molecule has 0 bridgehead atoms. The summed E-state index contributed by atoms with van der Waals surface area (Å²) in [5, 5.41) is 12.0. The van der Waals surface area contributed by atoms with Crippen LogP contribution in [0.1, 0.15) is 11.1 Å². The Hall–Kier alpha value is -1.67. The second-order valence-electron chi connectivity index (χ2n) is 5.26. The van der Waals surface area contributed by atoms with E-state index >= 15 is 0 Å². The predicted molar refractivity (Wildman–Crippen MR) is 105 cm³/mol. The highest BCUT2D eigenvalue weighted by Gasteiger charge is 2.10. The molecule has 0 aliphatic heterocycles. The van der Waals surface area contributed by atoms with Crippen LogP contribution in [-0.4, -0.2) is 16.1 Å². The van der Waals surface area contributed by atoms with Crippen LogP contribution in [0.25, 0.3) is 0 Å². The Balaban J connectivity index is 1.53. The van der Waals surface area contributed by atoms with Gasteiger partial charge in [0.1, 0.15) is 5.82 Å². The fourth-order valence-electron chi connectivity index (χ4n) is 2.04. The third-order valence-corrected chi connectivity index (χ3v) is 6.06. The molecule has 1 aromatic heterocycles. The Bertz CT molecular complexity index is 919. The molecular formula is C17H12Cl2FN3OS2. The number of carbonyl (C=O) groups is 1. The minimum atomic E-state index is -0.262. The minimum absolute atomic E-state index is 0.161. The molecule has 0 atom stereocenters. The third kappa shape index (κ3) is 5.41. The standard InChI is InChI=1S/C17H12Cl2FN3OS2/c18-13-6-3-11(7-14(13)19)8-15(24)21-16-22-23-17(26-16)25-9-10-1-4-12(20)5-2-10/h1-7H,8-9H2,(H,21,22,24). The number of anilines is 1. The van der Waals surface area contributed by atoms with Crippen LogP contribution >= 0.6 is 46.3 Å². The lowest BCUT2D eigenvalue weighted by atomic mass is 10.1. The number of hydrogen-bond acceptors (Lipinski definition) is 5. The Morgan fingerprint density at radius 3 is 2.54 bits per heavy atom. The summed E-state index contributed by atoms with van der Waals surface area (Å²) < 4.78 is 13.6. The summed E-state index contributed by atoms with van der Waals surface area (Å²) in [6.07, 6.45) is 0.161. The van der Waals surface area contributed by atoms with E-state index in [-0.39, 0.29) is 18.1 Å². The minimum Gasteiger partial charge on any atom is -0.300 e. The van der Waals surface area contributed by atoms with Gasteiger partial charge in [0.25, 0.3) is 0 Å². The monoisotopic (exact) mass is 427 g/mol. The Morgan fingerprint density at radius 1 is 1.08 bits per heavy atom. The van der Waals surface area contributed by atoms with Gasteiger partial charge in [0.2, 0.25) is 11.0 Å². The number of aromatic nitrogens is 2. The maximum absolute atomic E-state index is 12.9. The zero-order valence-electron chi connectivity index (χ0n) is 13.2. The molecule has 9 heteroatoms. The quantitative estimate of drug-likeness (QED) is 0.419. The molecule has 0 saturated carbocycles. The molecule has 134 valence electrons. The van der Waals surface area contributed by atoms with Crippen molar-refractivity contribution in [2.24, 2.45) is 0 Å². The van der Waals surface area contributed by atoms with Gasteiger partial charge in [0.15, 0.2) is 4.34 Å². The van der Waals surface area contributed by atoms with Gasteiger partial charge in [-0.25, -0.2) is 4.39 Å². The Kier molecular flexibility index (Phi) is 6.48. The van der Waals surface area contributed by atoms with E-state index in [1.165, 1.54) is 35.2 Å². The zero-order valence-corrected chi connectivity index (χ0v) is 16.4. The largest absolute Gasteiger partial charge is 0.300 e. The number of nitrogens with one attached hydrogen (secondary N) is 1. The van der Waals surface area contributed by atoms with Crippen LogP contribution in [0, 0.1) is 5.82 Å². The second kappa shape index (κ2) is 8.81. The number of benzene rings is 2. The number of amides is 1. The topological polar surface area (TPSA) is 54.9 Å².